The molecule has 8 nitrogen and oxygen atoms in total. The van der Waals surface area contributed by atoms with E-state index in [1.165, 1.54) is 0 Å². The Morgan fingerprint density at radius 2 is 1.76 bits per heavy atom. The highest BCUT2D eigenvalue weighted by Gasteiger charge is 2.42. The van der Waals surface area contributed by atoms with Crippen LogP contribution in [-0.2, 0) is 25.9 Å². The number of aryl methyl sites for hydroxylation is 1. The van der Waals surface area contributed by atoms with Crippen molar-refractivity contribution in [1.29, 1.82) is 0 Å². The van der Waals surface area contributed by atoms with Crippen molar-refractivity contribution in [2.45, 2.75) is 55.9 Å². The number of methoxy groups -OCH3 is 1. The van der Waals surface area contributed by atoms with Crippen LogP contribution in [0.25, 0.3) is 0 Å². The third-order valence-corrected chi connectivity index (χ3v) is 8.46. The highest BCUT2D eigenvalue weighted by atomic mass is 32.2. The van der Waals surface area contributed by atoms with Gasteiger partial charge in [-0.05, 0) is 73.2 Å². The minimum Gasteiger partial charge on any atom is -0.497 e. The van der Waals surface area contributed by atoms with Gasteiger partial charge in [-0.2, -0.15) is 0 Å². The molecule has 1 saturated carbocycles. The van der Waals surface area contributed by atoms with Gasteiger partial charge in [0, 0.05) is 18.9 Å². The Morgan fingerprint density at radius 1 is 1.09 bits per heavy atom. The van der Waals surface area contributed by atoms with Crippen LogP contribution >= 0.6 is 0 Å². The standard InChI is InChI=1S/C25H33NO7S/c1-18-13-19(15-22(14-18)30-2)16-31-21-3-5-23(6-4-21)34(28,29)17-24(26-27)20-7-9-25(10-8-20)32-11-12-33-25/h3-6,13-15,20,24,26-27H,7-12,16-17H2,1-2H3. The summed E-state index contributed by atoms with van der Waals surface area (Å²) in [4.78, 5) is 0.201. The molecule has 186 valence electrons. The number of hydroxylamine groups is 1. The zero-order chi connectivity index (χ0) is 24.2. The summed E-state index contributed by atoms with van der Waals surface area (Å²) < 4.78 is 48.7. The number of ether oxygens (including phenoxy) is 4. The van der Waals surface area contributed by atoms with Crippen LogP contribution in [-0.4, -0.2) is 51.5 Å². The second-order valence-corrected chi connectivity index (χ2v) is 11.1. The molecule has 2 fully saturated rings. The summed E-state index contributed by atoms with van der Waals surface area (Å²) in [5.41, 5.74) is 4.28. The van der Waals surface area contributed by atoms with Gasteiger partial charge in [0.1, 0.15) is 18.1 Å². The van der Waals surface area contributed by atoms with E-state index in [4.69, 9.17) is 18.9 Å². The molecule has 2 aromatic carbocycles. The van der Waals surface area contributed by atoms with Gasteiger partial charge in [0.15, 0.2) is 15.6 Å². The van der Waals surface area contributed by atoms with Gasteiger partial charge in [-0.3, -0.25) is 0 Å². The van der Waals surface area contributed by atoms with Crippen LogP contribution in [0.2, 0.25) is 0 Å². The molecule has 0 bridgehead atoms. The monoisotopic (exact) mass is 491 g/mol. The van der Waals surface area contributed by atoms with Crippen molar-refractivity contribution in [3.8, 4) is 11.5 Å². The minimum absolute atomic E-state index is 0.0205. The molecule has 0 radical (unpaired) electrons. The summed E-state index contributed by atoms with van der Waals surface area (Å²) in [7, 11) is -1.98. The van der Waals surface area contributed by atoms with Crippen molar-refractivity contribution in [3.63, 3.8) is 0 Å². The molecule has 2 aromatic rings. The first kappa shape index (κ1) is 24.9. The van der Waals surface area contributed by atoms with Gasteiger partial charge in [-0.15, -0.1) is 0 Å². The molecule has 34 heavy (non-hydrogen) atoms. The summed E-state index contributed by atoms with van der Waals surface area (Å²) in [5, 5.41) is 9.72. The summed E-state index contributed by atoms with van der Waals surface area (Å²) in [5.74, 6) is 0.655. The van der Waals surface area contributed by atoms with Crippen molar-refractivity contribution in [2.24, 2.45) is 5.92 Å². The van der Waals surface area contributed by atoms with E-state index < -0.39 is 21.7 Å². The van der Waals surface area contributed by atoms with Crippen LogP contribution in [0.4, 0.5) is 0 Å². The highest BCUT2D eigenvalue weighted by molar-refractivity contribution is 7.91. The first-order valence-corrected chi connectivity index (χ1v) is 13.3. The van der Waals surface area contributed by atoms with Crippen LogP contribution in [0.3, 0.4) is 0 Å². The number of hydrogen-bond acceptors (Lipinski definition) is 8. The largest absolute Gasteiger partial charge is 0.497 e. The fourth-order valence-corrected chi connectivity index (χ4v) is 6.38. The highest BCUT2D eigenvalue weighted by Crippen LogP contribution is 2.39. The van der Waals surface area contributed by atoms with Gasteiger partial charge in [0.2, 0.25) is 0 Å². The van der Waals surface area contributed by atoms with Crippen LogP contribution in [0, 0.1) is 12.8 Å². The van der Waals surface area contributed by atoms with E-state index in [9.17, 15) is 13.6 Å². The lowest BCUT2D eigenvalue weighted by Crippen LogP contribution is -2.45. The molecular weight excluding hydrogens is 458 g/mol. The van der Waals surface area contributed by atoms with Crippen molar-refractivity contribution >= 4 is 9.84 Å². The third-order valence-electron chi connectivity index (χ3n) is 6.67. The molecule has 9 heteroatoms. The molecule has 4 rings (SSSR count). The van der Waals surface area contributed by atoms with E-state index in [1.54, 1.807) is 31.4 Å². The second-order valence-electron chi connectivity index (χ2n) is 9.08. The molecule has 1 spiro atoms. The molecule has 1 aliphatic carbocycles. The maximum atomic E-state index is 13.0. The number of hydrogen-bond donors (Lipinski definition) is 2. The zero-order valence-electron chi connectivity index (χ0n) is 19.7. The van der Waals surface area contributed by atoms with Crippen LogP contribution in [0.15, 0.2) is 47.4 Å². The van der Waals surface area contributed by atoms with Crippen LogP contribution in [0.5, 0.6) is 11.5 Å². The zero-order valence-corrected chi connectivity index (χ0v) is 20.5. The van der Waals surface area contributed by atoms with Gasteiger partial charge >= 0.3 is 0 Å². The van der Waals surface area contributed by atoms with Crippen LogP contribution < -0.4 is 15.0 Å². The molecule has 1 saturated heterocycles. The lowest BCUT2D eigenvalue weighted by atomic mass is 9.81. The second kappa shape index (κ2) is 10.6. The normalized spacial score (nSPS) is 19.3. The maximum Gasteiger partial charge on any atom is 0.180 e. The lowest BCUT2D eigenvalue weighted by molar-refractivity contribution is -0.184. The fourth-order valence-electron chi connectivity index (χ4n) is 4.81. The lowest BCUT2D eigenvalue weighted by Gasteiger charge is -2.38. The summed E-state index contributed by atoms with van der Waals surface area (Å²) in [6, 6.07) is 11.7. The van der Waals surface area contributed by atoms with Gasteiger partial charge in [-0.25, -0.2) is 13.9 Å². The molecule has 1 heterocycles. The fraction of sp³-hybridized carbons (Fsp3) is 0.520. The number of benzene rings is 2. The Labute approximate surface area is 201 Å². The first-order valence-electron chi connectivity index (χ1n) is 11.6. The number of rotatable bonds is 9. The minimum atomic E-state index is -3.60. The topological polar surface area (TPSA) is 103 Å². The van der Waals surface area contributed by atoms with E-state index in [0.29, 0.717) is 38.4 Å². The SMILES string of the molecule is COc1cc(C)cc(COc2ccc(S(=O)(=O)CC(NO)C3CCC4(CC3)OCCO4)cc2)c1. The van der Waals surface area contributed by atoms with Crippen LogP contribution in [0.1, 0.15) is 36.8 Å². The summed E-state index contributed by atoms with van der Waals surface area (Å²) in [6.07, 6.45) is 2.86. The quantitative estimate of drug-likeness (QED) is 0.513. The molecule has 2 aliphatic rings. The Morgan fingerprint density at radius 3 is 2.38 bits per heavy atom. The molecular formula is C25H33NO7S. The molecule has 1 unspecified atom stereocenters. The van der Waals surface area contributed by atoms with Gasteiger partial charge in [0.25, 0.3) is 0 Å². The number of nitrogens with one attached hydrogen (secondary N) is 1. The smallest absolute Gasteiger partial charge is 0.180 e. The van der Waals surface area contributed by atoms with E-state index >= 15 is 0 Å². The van der Waals surface area contributed by atoms with Crippen molar-refractivity contribution in [3.05, 3.63) is 53.6 Å². The molecule has 0 amide bonds. The predicted octanol–water partition coefficient (Wildman–Crippen LogP) is 3.64. The molecule has 0 aromatic heterocycles. The Hall–Kier alpha value is -2.17. The Balaban J connectivity index is 1.35. The van der Waals surface area contributed by atoms with E-state index in [2.05, 4.69) is 5.48 Å². The Kier molecular flexibility index (Phi) is 7.79. The van der Waals surface area contributed by atoms with Crippen molar-refractivity contribution in [1.82, 2.24) is 5.48 Å². The van der Waals surface area contributed by atoms with Gasteiger partial charge in [0.05, 0.1) is 31.0 Å². The van der Waals surface area contributed by atoms with E-state index in [1.807, 2.05) is 25.1 Å². The maximum absolute atomic E-state index is 13.0. The molecule has 1 atom stereocenters. The summed E-state index contributed by atoms with van der Waals surface area (Å²) in [6.45, 7) is 3.53. The average Bonchev–Trinajstić information content (AvgIpc) is 3.29. The molecule has 2 N–H and O–H groups in total. The van der Waals surface area contributed by atoms with Crippen molar-refractivity contribution < 1.29 is 32.6 Å². The predicted molar refractivity (Wildman–Crippen MR) is 126 cm³/mol. The van der Waals surface area contributed by atoms with Gasteiger partial charge < -0.3 is 24.2 Å². The number of sulfone groups is 1. The van der Waals surface area contributed by atoms with Crippen molar-refractivity contribution in [2.75, 3.05) is 26.1 Å². The van der Waals surface area contributed by atoms with E-state index in [0.717, 1.165) is 29.7 Å². The average molecular weight is 492 g/mol. The Bertz CT molecular complexity index is 1060. The first-order chi connectivity index (χ1) is 16.3. The third kappa shape index (κ3) is 5.90. The molecule has 1 aliphatic heterocycles. The van der Waals surface area contributed by atoms with Gasteiger partial charge in [-0.1, -0.05) is 6.07 Å². The summed E-state index contributed by atoms with van der Waals surface area (Å²) >= 11 is 0. The van der Waals surface area contributed by atoms with E-state index in [-0.39, 0.29) is 16.6 Å².